The summed E-state index contributed by atoms with van der Waals surface area (Å²) in [5.41, 5.74) is 1.09. The summed E-state index contributed by atoms with van der Waals surface area (Å²) in [5, 5.41) is 3.36. The van der Waals surface area contributed by atoms with Crippen LogP contribution in [0.1, 0.15) is 52.4 Å². The van der Waals surface area contributed by atoms with Crippen molar-refractivity contribution in [2.75, 3.05) is 0 Å². The monoisotopic (exact) mass is 239 g/mol. The lowest BCUT2D eigenvalue weighted by atomic mass is 10.1. The van der Waals surface area contributed by atoms with Crippen LogP contribution in [-0.4, -0.2) is 11.6 Å². The number of hydrogen-bond acceptors (Lipinski definition) is 3. The Labute approximate surface area is 105 Å². The van der Waals surface area contributed by atoms with Gasteiger partial charge in [-0.1, -0.05) is 20.8 Å². The number of hydrogen-bond donors (Lipinski definition) is 1. The molecule has 0 saturated heterocycles. The van der Waals surface area contributed by atoms with Gasteiger partial charge in [0.05, 0.1) is 11.9 Å². The van der Waals surface area contributed by atoms with Crippen molar-refractivity contribution < 1.29 is 9.15 Å². The second-order valence-electron chi connectivity index (χ2n) is 5.36. The van der Waals surface area contributed by atoms with Gasteiger partial charge in [-0.15, -0.1) is 0 Å². The molecule has 0 aliphatic rings. The van der Waals surface area contributed by atoms with Crippen LogP contribution in [-0.2, 0) is 17.9 Å². The molecule has 0 aliphatic carbocycles. The van der Waals surface area contributed by atoms with E-state index in [1.807, 2.05) is 0 Å². The summed E-state index contributed by atoms with van der Waals surface area (Å²) in [6.45, 7) is 12.0. The normalized spacial score (nSPS) is 12.4. The van der Waals surface area contributed by atoms with Crippen molar-refractivity contribution in [1.29, 1.82) is 0 Å². The van der Waals surface area contributed by atoms with Crippen molar-refractivity contribution >= 4 is 0 Å². The first-order chi connectivity index (χ1) is 7.93. The average molecular weight is 239 g/mol. The Hall–Kier alpha value is -0.800. The molecule has 98 valence electrons. The molecule has 0 fully saturated rings. The summed E-state index contributed by atoms with van der Waals surface area (Å²) in [7, 11) is 0. The molecule has 3 heteroatoms. The van der Waals surface area contributed by atoms with E-state index in [1.54, 1.807) is 6.26 Å². The summed E-state index contributed by atoms with van der Waals surface area (Å²) in [6.07, 6.45) is 2.79. The largest absolute Gasteiger partial charge is 0.467 e. The Balaban J connectivity index is 2.40. The third-order valence-electron chi connectivity index (χ3n) is 2.88. The van der Waals surface area contributed by atoms with E-state index in [0.717, 1.165) is 18.7 Å². The van der Waals surface area contributed by atoms with E-state index >= 15 is 0 Å². The number of rotatable bonds is 7. The fraction of sp³-hybridized carbons (Fsp3) is 0.714. The van der Waals surface area contributed by atoms with Crippen molar-refractivity contribution in [3.05, 3.63) is 23.7 Å². The maximum absolute atomic E-state index is 5.79. The predicted octanol–water partition coefficient (Wildman–Crippen LogP) is 3.48. The fourth-order valence-electron chi connectivity index (χ4n) is 1.29. The Morgan fingerprint density at radius 2 is 2.12 bits per heavy atom. The van der Waals surface area contributed by atoms with E-state index in [2.05, 4.69) is 46.0 Å². The van der Waals surface area contributed by atoms with Gasteiger partial charge in [-0.05, 0) is 26.3 Å². The molecule has 3 nitrogen and oxygen atoms in total. The zero-order valence-electron chi connectivity index (χ0n) is 11.7. The van der Waals surface area contributed by atoms with Crippen LogP contribution < -0.4 is 5.32 Å². The molecule has 0 aromatic carbocycles. The van der Waals surface area contributed by atoms with Crippen molar-refractivity contribution in [2.24, 2.45) is 0 Å². The molecule has 0 aliphatic heterocycles. The zero-order valence-corrected chi connectivity index (χ0v) is 11.7. The van der Waals surface area contributed by atoms with E-state index in [1.165, 1.54) is 5.56 Å². The minimum atomic E-state index is -0.0802. The van der Waals surface area contributed by atoms with Crippen LogP contribution in [0, 0.1) is 0 Å². The molecule has 0 amide bonds. The quantitative estimate of drug-likeness (QED) is 0.791. The lowest BCUT2D eigenvalue weighted by Crippen LogP contribution is -2.22. The van der Waals surface area contributed by atoms with Gasteiger partial charge in [0.2, 0.25) is 0 Å². The van der Waals surface area contributed by atoms with Crippen LogP contribution in [0.2, 0.25) is 0 Å². The third-order valence-corrected chi connectivity index (χ3v) is 2.88. The molecule has 17 heavy (non-hydrogen) atoms. The predicted molar refractivity (Wildman–Crippen MR) is 69.8 cm³/mol. The third kappa shape index (κ3) is 5.37. The van der Waals surface area contributed by atoms with Crippen LogP contribution in [0.15, 0.2) is 16.7 Å². The van der Waals surface area contributed by atoms with Gasteiger partial charge in [0.25, 0.3) is 0 Å². The summed E-state index contributed by atoms with van der Waals surface area (Å²) in [5.74, 6) is 0.895. The highest BCUT2D eigenvalue weighted by atomic mass is 16.5. The molecular weight excluding hydrogens is 214 g/mol. The number of nitrogens with one attached hydrogen (secondary N) is 1. The van der Waals surface area contributed by atoms with Crippen LogP contribution in [0.3, 0.4) is 0 Å². The van der Waals surface area contributed by atoms with Crippen LogP contribution >= 0.6 is 0 Å². The Bertz CT molecular complexity index is 329. The highest BCUT2D eigenvalue weighted by Crippen LogP contribution is 2.17. The lowest BCUT2D eigenvalue weighted by molar-refractivity contribution is -0.0383. The Morgan fingerprint density at radius 3 is 2.71 bits per heavy atom. The SMILES string of the molecule is CCC(C)(C)OCc1cc(CNC(C)C)co1. The molecule has 1 rings (SSSR count). The molecular formula is C14H25NO2. The molecule has 0 radical (unpaired) electrons. The average Bonchev–Trinajstić information content (AvgIpc) is 2.72. The van der Waals surface area contributed by atoms with Gasteiger partial charge in [0.15, 0.2) is 0 Å². The number of furan rings is 1. The van der Waals surface area contributed by atoms with Crippen molar-refractivity contribution in [3.63, 3.8) is 0 Å². The summed E-state index contributed by atoms with van der Waals surface area (Å²) in [6, 6.07) is 2.55. The second kappa shape index (κ2) is 6.22. The Morgan fingerprint density at radius 1 is 1.41 bits per heavy atom. The molecule has 0 bridgehead atoms. The van der Waals surface area contributed by atoms with E-state index in [-0.39, 0.29) is 5.60 Å². The molecule has 0 unspecified atom stereocenters. The molecule has 0 atom stereocenters. The van der Waals surface area contributed by atoms with E-state index < -0.39 is 0 Å². The Kier molecular flexibility index (Phi) is 5.22. The lowest BCUT2D eigenvalue weighted by Gasteiger charge is -2.22. The van der Waals surface area contributed by atoms with Crippen LogP contribution in [0.25, 0.3) is 0 Å². The van der Waals surface area contributed by atoms with Gasteiger partial charge in [-0.2, -0.15) is 0 Å². The topological polar surface area (TPSA) is 34.4 Å². The highest BCUT2D eigenvalue weighted by Gasteiger charge is 2.16. The van der Waals surface area contributed by atoms with Crippen LogP contribution in [0.5, 0.6) is 0 Å². The maximum atomic E-state index is 5.79. The first kappa shape index (κ1) is 14.3. The molecule has 1 N–H and O–H groups in total. The van der Waals surface area contributed by atoms with Gasteiger partial charge >= 0.3 is 0 Å². The molecule has 0 saturated carbocycles. The van der Waals surface area contributed by atoms with E-state index in [9.17, 15) is 0 Å². The van der Waals surface area contributed by atoms with Gasteiger partial charge in [-0.3, -0.25) is 0 Å². The molecule has 1 aromatic heterocycles. The molecule has 0 spiro atoms. The van der Waals surface area contributed by atoms with Crippen molar-refractivity contribution in [1.82, 2.24) is 5.32 Å². The van der Waals surface area contributed by atoms with Crippen molar-refractivity contribution in [2.45, 2.75) is 65.8 Å². The summed E-state index contributed by atoms with van der Waals surface area (Å²) in [4.78, 5) is 0. The molecule has 1 aromatic rings. The van der Waals surface area contributed by atoms with Gasteiger partial charge in [0, 0.05) is 18.2 Å². The van der Waals surface area contributed by atoms with E-state index in [0.29, 0.717) is 12.6 Å². The summed E-state index contributed by atoms with van der Waals surface area (Å²) < 4.78 is 11.3. The molecule has 1 heterocycles. The first-order valence-corrected chi connectivity index (χ1v) is 6.36. The minimum absolute atomic E-state index is 0.0802. The smallest absolute Gasteiger partial charge is 0.129 e. The van der Waals surface area contributed by atoms with Gasteiger partial charge in [0.1, 0.15) is 12.4 Å². The minimum Gasteiger partial charge on any atom is -0.467 e. The van der Waals surface area contributed by atoms with Crippen LogP contribution in [0.4, 0.5) is 0 Å². The van der Waals surface area contributed by atoms with Crippen molar-refractivity contribution in [3.8, 4) is 0 Å². The first-order valence-electron chi connectivity index (χ1n) is 6.36. The fourth-order valence-corrected chi connectivity index (χ4v) is 1.29. The maximum Gasteiger partial charge on any atom is 0.129 e. The number of ether oxygens (including phenoxy) is 1. The summed E-state index contributed by atoms with van der Waals surface area (Å²) >= 11 is 0. The standard InChI is InChI=1S/C14H25NO2/c1-6-14(4,5)17-10-13-7-12(9-16-13)8-15-11(2)3/h7,9,11,15H,6,8,10H2,1-5H3. The second-order valence-corrected chi connectivity index (χ2v) is 5.36. The van der Waals surface area contributed by atoms with Gasteiger partial charge in [-0.25, -0.2) is 0 Å². The van der Waals surface area contributed by atoms with E-state index in [4.69, 9.17) is 9.15 Å². The highest BCUT2D eigenvalue weighted by molar-refractivity contribution is 5.12. The zero-order chi connectivity index (χ0) is 12.9. The van der Waals surface area contributed by atoms with Gasteiger partial charge < -0.3 is 14.5 Å².